The molecule has 2 aromatic rings. The number of amides is 1. The second kappa shape index (κ2) is 15.2. The fourth-order valence-electron chi connectivity index (χ4n) is 2.76. The molecular formula is C27H33NO7. The molecule has 0 spiro atoms. The molecule has 0 radical (unpaired) electrons. The Morgan fingerprint density at radius 1 is 0.829 bits per heavy atom. The second-order valence-electron chi connectivity index (χ2n) is 7.59. The van der Waals surface area contributed by atoms with E-state index in [0.29, 0.717) is 36.4 Å². The third-order valence-electron chi connectivity index (χ3n) is 4.57. The van der Waals surface area contributed by atoms with E-state index in [1.165, 1.54) is 0 Å². The summed E-state index contributed by atoms with van der Waals surface area (Å²) in [6.45, 7) is 6.79. The molecule has 0 saturated heterocycles. The fourth-order valence-corrected chi connectivity index (χ4v) is 2.76. The van der Waals surface area contributed by atoms with Gasteiger partial charge in [0.15, 0.2) is 5.75 Å². The predicted octanol–water partition coefficient (Wildman–Crippen LogP) is 5.29. The number of benzene rings is 2. The Labute approximate surface area is 206 Å². The zero-order valence-corrected chi connectivity index (χ0v) is 20.5. The normalized spacial score (nSPS) is 10.9. The van der Waals surface area contributed by atoms with Crippen LogP contribution in [0.5, 0.6) is 11.5 Å². The summed E-state index contributed by atoms with van der Waals surface area (Å²) in [6, 6.07) is 13.4. The van der Waals surface area contributed by atoms with Gasteiger partial charge in [-0.1, -0.05) is 39.3 Å². The zero-order valence-electron chi connectivity index (χ0n) is 20.5. The largest absolute Gasteiger partial charge is 0.494 e. The highest BCUT2D eigenvalue weighted by atomic mass is 16.6. The maximum absolute atomic E-state index is 12.8. The van der Waals surface area contributed by atoms with Gasteiger partial charge in [0.2, 0.25) is 5.76 Å². The summed E-state index contributed by atoms with van der Waals surface area (Å²) >= 11 is 0. The molecule has 2 rings (SSSR count). The Kier molecular flexibility index (Phi) is 11.9. The molecule has 0 aliphatic rings. The zero-order chi connectivity index (χ0) is 25.5. The van der Waals surface area contributed by atoms with Crippen molar-refractivity contribution in [3.05, 3.63) is 65.9 Å². The Bertz CT molecular complexity index is 999. The van der Waals surface area contributed by atoms with Crippen LogP contribution >= 0.6 is 0 Å². The maximum atomic E-state index is 12.8. The molecule has 1 amide bonds. The maximum Gasteiger partial charge on any atom is 0.374 e. The number of carbonyl (C=O) groups is 3. The summed E-state index contributed by atoms with van der Waals surface area (Å²) in [5.74, 6) is -1.38. The van der Waals surface area contributed by atoms with Crippen LogP contribution in [0.15, 0.2) is 60.4 Å². The van der Waals surface area contributed by atoms with E-state index >= 15 is 0 Å². The van der Waals surface area contributed by atoms with E-state index in [1.807, 2.05) is 13.8 Å². The smallest absolute Gasteiger partial charge is 0.374 e. The first kappa shape index (κ1) is 27.4. The van der Waals surface area contributed by atoms with E-state index in [2.05, 4.69) is 12.2 Å². The van der Waals surface area contributed by atoms with Crippen LogP contribution in [0, 0.1) is 0 Å². The van der Waals surface area contributed by atoms with Crippen molar-refractivity contribution < 1.29 is 33.3 Å². The Morgan fingerprint density at radius 3 is 2.20 bits per heavy atom. The summed E-state index contributed by atoms with van der Waals surface area (Å²) in [5, 5.41) is 2.77. The van der Waals surface area contributed by atoms with E-state index in [4.69, 9.17) is 18.9 Å². The summed E-state index contributed by atoms with van der Waals surface area (Å²) < 4.78 is 21.5. The van der Waals surface area contributed by atoms with Crippen molar-refractivity contribution in [3.63, 3.8) is 0 Å². The Morgan fingerprint density at radius 2 is 1.51 bits per heavy atom. The molecule has 0 aliphatic heterocycles. The van der Waals surface area contributed by atoms with Gasteiger partial charge in [0.1, 0.15) is 5.75 Å². The molecule has 35 heavy (non-hydrogen) atoms. The summed E-state index contributed by atoms with van der Waals surface area (Å²) in [6.07, 6.45) is 4.18. The number of para-hydroxylation sites is 2. The lowest BCUT2D eigenvalue weighted by Crippen LogP contribution is -2.17. The highest BCUT2D eigenvalue weighted by Gasteiger charge is 2.19. The minimum atomic E-state index is -0.805. The molecule has 0 fully saturated rings. The standard InChI is InChI=1S/C27H33NO7/c1-4-7-18-32-21-14-12-20(13-15-21)26(30)28-22-10-8-9-11-23(22)35-24(27(31)34-17-6-3)19-25(29)33-16-5-2/h8-15,19H,4-7,16-18H2,1-3H3,(H,28,30)/b24-19+. The number of ether oxygens (including phenoxy) is 4. The molecule has 0 saturated carbocycles. The Balaban J connectivity index is 2.17. The van der Waals surface area contributed by atoms with Crippen LogP contribution in [0.3, 0.4) is 0 Å². The van der Waals surface area contributed by atoms with Gasteiger partial charge in [0.05, 0.1) is 31.6 Å². The molecule has 188 valence electrons. The molecule has 0 bridgehead atoms. The summed E-state index contributed by atoms with van der Waals surface area (Å²) in [7, 11) is 0. The lowest BCUT2D eigenvalue weighted by Gasteiger charge is -2.14. The van der Waals surface area contributed by atoms with Crippen LogP contribution in [0.4, 0.5) is 5.69 Å². The topological polar surface area (TPSA) is 100 Å². The number of unbranched alkanes of at least 4 members (excludes halogenated alkanes) is 1. The summed E-state index contributed by atoms with van der Waals surface area (Å²) in [5.41, 5.74) is 0.737. The minimum Gasteiger partial charge on any atom is -0.494 e. The number of hydrogen-bond acceptors (Lipinski definition) is 7. The van der Waals surface area contributed by atoms with Gasteiger partial charge < -0.3 is 24.3 Å². The average molecular weight is 484 g/mol. The van der Waals surface area contributed by atoms with Crippen molar-refractivity contribution >= 4 is 23.5 Å². The van der Waals surface area contributed by atoms with E-state index in [1.54, 1.807) is 48.5 Å². The van der Waals surface area contributed by atoms with Crippen LogP contribution in [-0.4, -0.2) is 37.7 Å². The molecule has 0 heterocycles. The number of esters is 2. The van der Waals surface area contributed by atoms with Gasteiger partial charge >= 0.3 is 11.9 Å². The van der Waals surface area contributed by atoms with Crippen molar-refractivity contribution in [1.82, 2.24) is 0 Å². The minimum absolute atomic E-state index is 0.167. The van der Waals surface area contributed by atoms with Gasteiger partial charge in [-0.3, -0.25) is 4.79 Å². The van der Waals surface area contributed by atoms with Crippen molar-refractivity contribution in [2.24, 2.45) is 0 Å². The van der Waals surface area contributed by atoms with E-state index in [0.717, 1.165) is 18.9 Å². The molecule has 2 aromatic carbocycles. The third kappa shape index (κ3) is 9.52. The molecule has 0 aliphatic carbocycles. The number of rotatable bonds is 14. The molecule has 8 heteroatoms. The molecule has 8 nitrogen and oxygen atoms in total. The predicted molar refractivity (Wildman–Crippen MR) is 132 cm³/mol. The van der Waals surface area contributed by atoms with Gasteiger partial charge in [-0.2, -0.15) is 0 Å². The molecule has 0 unspecified atom stereocenters. The highest BCUT2D eigenvalue weighted by molar-refractivity contribution is 6.05. The van der Waals surface area contributed by atoms with Crippen LogP contribution in [-0.2, 0) is 19.1 Å². The van der Waals surface area contributed by atoms with Gasteiger partial charge in [-0.05, 0) is 55.7 Å². The van der Waals surface area contributed by atoms with Gasteiger partial charge in [-0.25, -0.2) is 9.59 Å². The van der Waals surface area contributed by atoms with Crippen molar-refractivity contribution in [2.45, 2.75) is 46.5 Å². The first-order chi connectivity index (χ1) is 17.0. The SMILES string of the molecule is CCCCOc1ccc(C(=O)Nc2ccccc2O/C(=C/C(=O)OCCC)C(=O)OCCC)cc1. The molecule has 0 aromatic heterocycles. The van der Waals surface area contributed by atoms with Crippen molar-refractivity contribution in [2.75, 3.05) is 25.1 Å². The third-order valence-corrected chi connectivity index (χ3v) is 4.57. The quantitative estimate of drug-likeness (QED) is 0.169. The lowest BCUT2D eigenvalue weighted by molar-refractivity contribution is -0.143. The van der Waals surface area contributed by atoms with Crippen LogP contribution in [0.1, 0.15) is 56.8 Å². The Hall–Kier alpha value is -3.81. The van der Waals surface area contributed by atoms with Gasteiger partial charge in [0.25, 0.3) is 5.91 Å². The van der Waals surface area contributed by atoms with E-state index < -0.39 is 11.9 Å². The van der Waals surface area contributed by atoms with E-state index in [9.17, 15) is 14.4 Å². The molecule has 0 atom stereocenters. The van der Waals surface area contributed by atoms with Crippen LogP contribution < -0.4 is 14.8 Å². The number of hydrogen-bond donors (Lipinski definition) is 1. The van der Waals surface area contributed by atoms with Crippen LogP contribution in [0.2, 0.25) is 0 Å². The van der Waals surface area contributed by atoms with Crippen LogP contribution in [0.25, 0.3) is 0 Å². The lowest BCUT2D eigenvalue weighted by atomic mass is 10.2. The average Bonchev–Trinajstić information content (AvgIpc) is 2.87. The van der Waals surface area contributed by atoms with Gasteiger partial charge in [-0.15, -0.1) is 0 Å². The fraction of sp³-hybridized carbons (Fsp3) is 0.370. The molecular weight excluding hydrogens is 450 g/mol. The van der Waals surface area contributed by atoms with Crippen molar-refractivity contribution in [1.29, 1.82) is 0 Å². The number of anilines is 1. The number of carbonyl (C=O) groups excluding carboxylic acids is 3. The first-order valence-electron chi connectivity index (χ1n) is 11.8. The summed E-state index contributed by atoms with van der Waals surface area (Å²) in [4.78, 5) is 37.4. The van der Waals surface area contributed by atoms with Crippen molar-refractivity contribution in [3.8, 4) is 11.5 Å². The first-order valence-corrected chi connectivity index (χ1v) is 11.8. The second-order valence-corrected chi connectivity index (χ2v) is 7.59. The van der Waals surface area contributed by atoms with Gasteiger partial charge in [0, 0.05) is 5.56 Å². The molecule has 1 N–H and O–H groups in total. The number of nitrogens with one attached hydrogen (secondary N) is 1. The highest BCUT2D eigenvalue weighted by Crippen LogP contribution is 2.27. The monoisotopic (exact) mass is 483 g/mol. The van der Waals surface area contributed by atoms with E-state index in [-0.39, 0.29) is 30.6 Å².